The van der Waals surface area contributed by atoms with E-state index in [2.05, 4.69) is 19.9 Å². The monoisotopic (exact) mass is 412 g/mol. The predicted octanol–water partition coefficient (Wildman–Crippen LogP) is 6.31. The van der Waals surface area contributed by atoms with Crippen LogP contribution in [0.2, 0.25) is 0 Å². The van der Waals surface area contributed by atoms with E-state index in [1.807, 2.05) is 22.8 Å². The number of thiophene rings is 1. The number of benzene rings is 1. The zero-order valence-corrected chi connectivity index (χ0v) is 18.4. The summed E-state index contributed by atoms with van der Waals surface area (Å²) in [6.45, 7) is 4.32. The predicted molar refractivity (Wildman–Crippen MR) is 121 cm³/mol. The Kier molecular flexibility index (Phi) is 6.22. The molecule has 28 heavy (non-hydrogen) atoms. The van der Waals surface area contributed by atoms with Crippen LogP contribution < -0.4 is 5.56 Å². The van der Waals surface area contributed by atoms with Gasteiger partial charge in [-0.1, -0.05) is 62.6 Å². The highest BCUT2D eigenvalue weighted by Crippen LogP contribution is 2.36. The number of thioether (sulfide) groups is 1. The maximum Gasteiger partial charge on any atom is 0.267 e. The van der Waals surface area contributed by atoms with Crippen LogP contribution in [0, 0.1) is 6.92 Å². The third kappa shape index (κ3) is 3.79. The van der Waals surface area contributed by atoms with Crippen LogP contribution in [0.5, 0.6) is 0 Å². The number of aryl methyl sites for hydroxylation is 3. The van der Waals surface area contributed by atoms with Crippen LogP contribution in [-0.2, 0) is 12.8 Å². The average Bonchev–Trinajstić information content (AvgIpc) is 3.26. The highest BCUT2D eigenvalue weighted by Gasteiger charge is 2.24. The van der Waals surface area contributed by atoms with Gasteiger partial charge in [0.25, 0.3) is 5.56 Å². The van der Waals surface area contributed by atoms with Crippen molar-refractivity contribution < 1.29 is 0 Å². The average molecular weight is 413 g/mol. The largest absolute Gasteiger partial charge is 0.268 e. The van der Waals surface area contributed by atoms with Gasteiger partial charge in [-0.25, -0.2) is 4.98 Å². The van der Waals surface area contributed by atoms with E-state index in [1.54, 1.807) is 23.1 Å². The fraction of sp³-hybridized carbons (Fsp3) is 0.478. The first-order valence-corrected chi connectivity index (χ1v) is 12.3. The van der Waals surface area contributed by atoms with E-state index in [0.717, 1.165) is 51.6 Å². The molecule has 0 fully saturated rings. The molecule has 0 bridgehead atoms. The van der Waals surface area contributed by atoms with Gasteiger partial charge >= 0.3 is 0 Å². The van der Waals surface area contributed by atoms with Crippen molar-refractivity contribution in [2.24, 2.45) is 0 Å². The van der Waals surface area contributed by atoms with Crippen molar-refractivity contribution >= 4 is 33.3 Å². The maximum atomic E-state index is 13.6. The molecule has 0 radical (unpaired) electrons. The quantitative estimate of drug-likeness (QED) is 0.247. The molecular weight excluding hydrogens is 384 g/mol. The van der Waals surface area contributed by atoms with Crippen molar-refractivity contribution in [2.45, 2.75) is 70.4 Å². The maximum absolute atomic E-state index is 13.6. The first-order valence-electron chi connectivity index (χ1n) is 10.5. The van der Waals surface area contributed by atoms with Crippen LogP contribution in [0.3, 0.4) is 0 Å². The van der Waals surface area contributed by atoms with Gasteiger partial charge in [-0.2, -0.15) is 0 Å². The van der Waals surface area contributed by atoms with E-state index < -0.39 is 0 Å². The van der Waals surface area contributed by atoms with Crippen molar-refractivity contribution in [3.8, 4) is 5.69 Å². The van der Waals surface area contributed by atoms with Crippen LogP contribution in [-0.4, -0.2) is 15.3 Å². The van der Waals surface area contributed by atoms with Crippen molar-refractivity contribution in [3.63, 3.8) is 0 Å². The zero-order valence-electron chi connectivity index (χ0n) is 16.8. The summed E-state index contributed by atoms with van der Waals surface area (Å²) in [5.74, 6) is 1.01. The van der Waals surface area contributed by atoms with Gasteiger partial charge in [0, 0.05) is 10.6 Å². The van der Waals surface area contributed by atoms with E-state index >= 15 is 0 Å². The number of unbranched alkanes of at least 4 members (excludes halogenated alkanes) is 4. The van der Waals surface area contributed by atoms with Gasteiger partial charge < -0.3 is 0 Å². The molecule has 2 heterocycles. The van der Waals surface area contributed by atoms with Crippen LogP contribution in [0.25, 0.3) is 15.9 Å². The summed E-state index contributed by atoms with van der Waals surface area (Å²) in [4.78, 5) is 20.9. The number of nitrogens with zero attached hydrogens (tertiary/aromatic N) is 2. The number of para-hydroxylation sites is 1. The van der Waals surface area contributed by atoms with Crippen molar-refractivity contribution in [2.75, 3.05) is 5.75 Å². The van der Waals surface area contributed by atoms with Gasteiger partial charge in [0.05, 0.1) is 11.1 Å². The summed E-state index contributed by atoms with van der Waals surface area (Å²) in [6, 6.07) is 8.15. The molecule has 3 nitrogen and oxygen atoms in total. The molecule has 2 aromatic heterocycles. The van der Waals surface area contributed by atoms with Crippen molar-refractivity contribution in [3.05, 3.63) is 50.6 Å². The minimum absolute atomic E-state index is 0.118. The summed E-state index contributed by atoms with van der Waals surface area (Å²) in [5.41, 5.74) is 3.46. The lowest BCUT2D eigenvalue weighted by atomic mass is 10.2. The van der Waals surface area contributed by atoms with Gasteiger partial charge in [0.1, 0.15) is 4.83 Å². The van der Waals surface area contributed by atoms with Gasteiger partial charge in [-0.15, -0.1) is 11.3 Å². The molecule has 4 rings (SSSR count). The Balaban J connectivity index is 1.74. The molecule has 0 N–H and O–H groups in total. The summed E-state index contributed by atoms with van der Waals surface area (Å²) in [5, 5.41) is 1.72. The molecule has 1 aliphatic rings. The molecule has 0 unspecified atom stereocenters. The first kappa shape index (κ1) is 19.7. The SMILES string of the molecule is CCCCCCCSc1nc2sc3c(c2c(=O)n1-c1ccccc1C)CCC3. The fourth-order valence-corrected chi connectivity index (χ4v) is 6.32. The molecule has 0 aliphatic heterocycles. The van der Waals surface area contributed by atoms with Crippen LogP contribution in [0.4, 0.5) is 0 Å². The molecule has 148 valence electrons. The standard InChI is InChI=1S/C23H28N2OS2/c1-3-4-5-6-9-15-27-23-24-21-20(17-12-10-14-19(17)28-21)22(26)25(23)18-13-8-7-11-16(18)2/h7-8,11,13H,3-6,9-10,12,14-15H2,1-2H3. The van der Waals surface area contributed by atoms with Crippen molar-refractivity contribution in [1.82, 2.24) is 9.55 Å². The first-order chi connectivity index (χ1) is 13.7. The van der Waals surface area contributed by atoms with Crippen LogP contribution >= 0.6 is 23.1 Å². The molecule has 0 saturated carbocycles. The van der Waals surface area contributed by atoms with Gasteiger partial charge in [0.15, 0.2) is 5.16 Å². The van der Waals surface area contributed by atoms with E-state index in [-0.39, 0.29) is 5.56 Å². The summed E-state index contributed by atoms with van der Waals surface area (Å²) in [7, 11) is 0. The lowest BCUT2D eigenvalue weighted by Gasteiger charge is -2.14. The zero-order chi connectivity index (χ0) is 19.5. The number of hydrogen-bond acceptors (Lipinski definition) is 4. The Morgan fingerprint density at radius 3 is 2.79 bits per heavy atom. The number of aromatic nitrogens is 2. The third-order valence-corrected chi connectivity index (χ3v) is 7.75. The number of hydrogen-bond donors (Lipinski definition) is 0. The van der Waals surface area contributed by atoms with Gasteiger partial charge in [-0.3, -0.25) is 9.36 Å². The Morgan fingerprint density at radius 2 is 1.96 bits per heavy atom. The third-order valence-electron chi connectivity index (χ3n) is 5.54. The smallest absolute Gasteiger partial charge is 0.267 e. The molecule has 0 saturated heterocycles. The summed E-state index contributed by atoms with van der Waals surface area (Å²) in [6.07, 6.45) is 9.58. The van der Waals surface area contributed by atoms with Crippen LogP contribution in [0.1, 0.15) is 61.5 Å². The molecule has 1 aliphatic carbocycles. The minimum Gasteiger partial charge on any atom is -0.268 e. The second kappa shape index (κ2) is 8.83. The number of fused-ring (bicyclic) bond motifs is 3. The molecule has 0 spiro atoms. The molecule has 0 atom stereocenters. The minimum atomic E-state index is 0.118. The highest BCUT2D eigenvalue weighted by atomic mass is 32.2. The lowest BCUT2D eigenvalue weighted by Crippen LogP contribution is -2.22. The van der Waals surface area contributed by atoms with Crippen molar-refractivity contribution in [1.29, 1.82) is 0 Å². The Morgan fingerprint density at radius 1 is 1.14 bits per heavy atom. The molecule has 3 aromatic rings. The summed E-state index contributed by atoms with van der Waals surface area (Å²) >= 11 is 3.47. The van der Waals surface area contributed by atoms with E-state index in [0.29, 0.717) is 0 Å². The summed E-state index contributed by atoms with van der Waals surface area (Å²) < 4.78 is 1.87. The fourth-order valence-electron chi connectivity index (χ4n) is 4.02. The normalized spacial score (nSPS) is 13.4. The highest BCUT2D eigenvalue weighted by molar-refractivity contribution is 7.99. The molecule has 5 heteroatoms. The Hall–Kier alpha value is -1.59. The van der Waals surface area contributed by atoms with Gasteiger partial charge in [0.2, 0.25) is 0 Å². The second-order valence-corrected chi connectivity index (χ2v) is 9.77. The topological polar surface area (TPSA) is 34.9 Å². The second-order valence-electron chi connectivity index (χ2n) is 7.62. The van der Waals surface area contributed by atoms with Gasteiger partial charge in [-0.05, 0) is 49.8 Å². The van der Waals surface area contributed by atoms with E-state index in [4.69, 9.17) is 4.98 Å². The van der Waals surface area contributed by atoms with Crippen LogP contribution in [0.15, 0.2) is 34.2 Å². The lowest BCUT2D eigenvalue weighted by molar-refractivity contribution is 0.658. The Labute approximate surface area is 175 Å². The Bertz CT molecular complexity index is 1030. The molecular formula is C23H28N2OS2. The molecule has 1 aromatic carbocycles. The molecule has 0 amide bonds. The van der Waals surface area contributed by atoms with E-state index in [1.165, 1.54) is 42.5 Å². The number of rotatable bonds is 8. The van der Waals surface area contributed by atoms with E-state index in [9.17, 15) is 4.79 Å².